The second-order valence-electron chi connectivity index (χ2n) is 5.22. The van der Waals surface area contributed by atoms with Crippen LogP contribution >= 0.6 is 0 Å². The molecule has 1 amide bonds. The average Bonchev–Trinajstić information content (AvgIpc) is 2.75. The molecule has 0 aromatic rings. The van der Waals surface area contributed by atoms with Crippen LogP contribution in [0.5, 0.6) is 0 Å². The molecule has 0 unspecified atom stereocenters. The van der Waals surface area contributed by atoms with Crippen molar-refractivity contribution in [2.24, 2.45) is 0 Å². The number of nitrogens with zero attached hydrogens (tertiary/aromatic N) is 1. The number of alkyl halides is 3. The maximum Gasteiger partial charge on any atom is 0.425 e. The lowest BCUT2D eigenvalue weighted by atomic mass is 9.91. The number of rotatable bonds is 0. The Bertz CT molecular complexity index is 357. The molecule has 0 aromatic heterocycles. The van der Waals surface area contributed by atoms with E-state index in [-0.39, 0.29) is 30.8 Å². The third-order valence-corrected chi connectivity index (χ3v) is 4.33. The van der Waals surface area contributed by atoms with Gasteiger partial charge in [-0.2, -0.15) is 13.2 Å². The smallest absolute Gasteiger partial charge is 0.312 e. The summed E-state index contributed by atoms with van der Waals surface area (Å²) in [6.07, 6.45) is -1.20. The lowest BCUT2D eigenvalue weighted by Gasteiger charge is -2.36. The zero-order chi connectivity index (χ0) is 12.3. The maximum atomic E-state index is 13.3. The summed E-state index contributed by atoms with van der Waals surface area (Å²) in [4.78, 5) is 12.9. The molecule has 17 heavy (non-hydrogen) atoms. The van der Waals surface area contributed by atoms with Gasteiger partial charge in [0.15, 0.2) is 5.66 Å². The summed E-state index contributed by atoms with van der Waals surface area (Å²) in [6.45, 7) is 0. The van der Waals surface area contributed by atoms with Crippen LogP contribution < -0.4 is 5.32 Å². The van der Waals surface area contributed by atoms with E-state index in [4.69, 9.17) is 0 Å². The third kappa shape index (κ3) is 1.36. The van der Waals surface area contributed by atoms with E-state index in [1.54, 1.807) is 0 Å². The summed E-state index contributed by atoms with van der Waals surface area (Å²) in [6, 6.07) is -0.421. The van der Waals surface area contributed by atoms with E-state index in [0.29, 0.717) is 6.42 Å². The van der Waals surface area contributed by atoms with Crippen LogP contribution in [0.3, 0.4) is 0 Å². The van der Waals surface area contributed by atoms with Gasteiger partial charge in [0.05, 0.1) is 0 Å². The molecule has 1 aliphatic carbocycles. The first-order valence-corrected chi connectivity index (χ1v) is 6.12. The number of halogens is 3. The zero-order valence-electron chi connectivity index (χ0n) is 9.39. The lowest BCUT2D eigenvalue weighted by molar-refractivity contribution is -0.225. The highest BCUT2D eigenvalue weighted by Crippen LogP contribution is 2.49. The Morgan fingerprint density at radius 2 is 2.00 bits per heavy atom. The number of fused-ring (bicyclic) bond motifs is 3. The molecular formula is C11H15F3N2O. The molecule has 0 aromatic carbocycles. The predicted octanol–water partition coefficient (Wildman–Crippen LogP) is 1.78. The number of hydrogen-bond donors (Lipinski definition) is 1. The fraction of sp³-hybridized carbons (Fsp3) is 0.909. The maximum absolute atomic E-state index is 13.3. The second kappa shape index (κ2) is 3.37. The molecule has 96 valence electrons. The molecule has 3 rings (SSSR count). The fourth-order valence-corrected chi connectivity index (χ4v) is 3.61. The molecule has 0 spiro atoms. The van der Waals surface area contributed by atoms with Gasteiger partial charge in [0.1, 0.15) is 0 Å². The molecule has 2 aliphatic heterocycles. The van der Waals surface area contributed by atoms with Crippen LogP contribution in [0.25, 0.3) is 0 Å². The van der Waals surface area contributed by atoms with Crippen molar-refractivity contribution in [3.63, 3.8) is 0 Å². The van der Waals surface area contributed by atoms with E-state index < -0.39 is 11.8 Å². The van der Waals surface area contributed by atoms with Crippen molar-refractivity contribution in [1.29, 1.82) is 0 Å². The standard InChI is InChI=1S/C11H15F3N2O/c12-11(13,14)10-6-5-9(17)16(10)8-4-2-1-3-7(8)15-10/h7-8,15H,1-6H2/t7-,8-,10-/m0/s1. The van der Waals surface area contributed by atoms with Gasteiger partial charge in [0.25, 0.3) is 0 Å². The summed E-state index contributed by atoms with van der Waals surface area (Å²) in [5.41, 5.74) is -2.07. The van der Waals surface area contributed by atoms with Crippen LogP contribution in [0.1, 0.15) is 38.5 Å². The Labute approximate surface area is 97.3 Å². The Kier molecular flexibility index (Phi) is 2.24. The van der Waals surface area contributed by atoms with Crippen molar-refractivity contribution in [2.45, 2.75) is 62.4 Å². The molecule has 3 nitrogen and oxygen atoms in total. The molecular weight excluding hydrogens is 233 g/mol. The fourth-order valence-electron chi connectivity index (χ4n) is 3.61. The second-order valence-corrected chi connectivity index (χ2v) is 5.22. The molecule has 3 fully saturated rings. The zero-order valence-corrected chi connectivity index (χ0v) is 9.39. The van der Waals surface area contributed by atoms with Gasteiger partial charge < -0.3 is 4.90 Å². The molecule has 6 heteroatoms. The van der Waals surface area contributed by atoms with Gasteiger partial charge in [-0.15, -0.1) is 0 Å². The van der Waals surface area contributed by atoms with Crippen LogP contribution in [0.15, 0.2) is 0 Å². The molecule has 3 aliphatic rings. The highest BCUT2D eigenvalue weighted by Gasteiger charge is 2.69. The van der Waals surface area contributed by atoms with Crippen molar-refractivity contribution in [1.82, 2.24) is 10.2 Å². The summed E-state index contributed by atoms with van der Waals surface area (Å²) in [5, 5.41) is 2.72. The van der Waals surface area contributed by atoms with Crippen molar-refractivity contribution < 1.29 is 18.0 Å². The van der Waals surface area contributed by atoms with Crippen LogP contribution in [0, 0.1) is 0 Å². The molecule has 3 atom stereocenters. The monoisotopic (exact) mass is 248 g/mol. The van der Waals surface area contributed by atoms with Crippen LogP contribution in [0.4, 0.5) is 13.2 Å². The highest BCUT2D eigenvalue weighted by molar-refractivity contribution is 5.81. The van der Waals surface area contributed by atoms with Gasteiger partial charge in [-0.3, -0.25) is 10.1 Å². The molecule has 0 bridgehead atoms. The Balaban J connectivity index is 2.00. The summed E-state index contributed by atoms with van der Waals surface area (Å²) < 4.78 is 39.8. The Hall–Kier alpha value is -0.780. The average molecular weight is 248 g/mol. The van der Waals surface area contributed by atoms with Gasteiger partial charge in [-0.05, 0) is 12.8 Å². The number of amides is 1. The molecule has 2 heterocycles. The summed E-state index contributed by atoms with van der Waals surface area (Å²) in [5.74, 6) is -0.343. The van der Waals surface area contributed by atoms with Gasteiger partial charge >= 0.3 is 6.18 Å². The lowest BCUT2D eigenvalue weighted by Crippen LogP contribution is -2.60. The largest absolute Gasteiger partial charge is 0.425 e. The van der Waals surface area contributed by atoms with Crippen molar-refractivity contribution in [3.05, 3.63) is 0 Å². The van der Waals surface area contributed by atoms with E-state index in [2.05, 4.69) is 5.32 Å². The van der Waals surface area contributed by atoms with Crippen molar-refractivity contribution >= 4 is 5.91 Å². The van der Waals surface area contributed by atoms with Gasteiger partial charge in [0.2, 0.25) is 5.91 Å². The number of nitrogens with one attached hydrogen (secondary N) is 1. The number of hydrogen-bond acceptors (Lipinski definition) is 2. The Morgan fingerprint density at radius 3 is 2.71 bits per heavy atom. The van der Waals surface area contributed by atoms with Crippen LogP contribution in [0.2, 0.25) is 0 Å². The summed E-state index contributed by atoms with van der Waals surface area (Å²) >= 11 is 0. The predicted molar refractivity (Wildman–Crippen MR) is 54.0 cm³/mol. The van der Waals surface area contributed by atoms with E-state index in [1.165, 1.54) is 0 Å². The first-order valence-electron chi connectivity index (χ1n) is 6.12. The quantitative estimate of drug-likeness (QED) is 0.708. The Morgan fingerprint density at radius 1 is 1.29 bits per heavy atom. The normalized spacial score (nSPS) is 41.6. The molecule has 0 radical (unpaired) electrons. The minimum absolute atomic E-state index is 0.00965. The van der Waals surface area contributed by atoms with Crippen molar-refractivity contribution in [2.75, 3.05) is 0 Å². The highest BCUT2D eigenvalue weighted by atomic mass is 19.4. The van der Waals surface area contributed by atoms with Gasteiger partial charge in [-0.25, -0.2) is 0 Å². The first-order chi connectivity index (χ1) is 7.96. The van der Waals surface area contributed by atoms with Crippen LogP contribution in [-0.4, -0.2) is 34.7 Å². The van der Waals surface area contributed by atoms with Crippen molar-refractivity contribution in [3.8, 4) is 0 Å². The topological polar surface area (TPSA) is 32.3 Å². The van der Waals surface area contributed by atoms with Gasteiger partial charge in [0, 0.05) is 24.9 Å². The third-order valence-electron chi connectivity index (χ3n) is 4.33. The number of carbonyl (C=O) groups excluding carboxylic acids is 1. The first kappa shape index (κ1) is 11.3. The van der Waals surface area contributed by atoms with Crippen LogP contribution in [-0.2, 0) is 4.79 Å². The van der Waals surface area contributed by atoms with E-state index >= 15 is 0 Å². The molecule has 2 saturated heterocycles. The minimum Gasteiger partial charge on any atom is -0.312 e. The minimum atomic E-state index is -4.38. The van der Waals surface area contributed by atoms with E-state index in [1.807, 2.05) is 0 Å². The SMILES string of the molecule is O=C1CC[C@]2(C(F)(F)F)N[C@H]3CCCC[C@@H]3N12. The molecule has 1 saturated carbocycles. The van der Waals surface area contributed by atoms with E-state index in [0.717, 1.165) is 24.2 Å². The molecule has 1 N–H and O–H groups in total. The summed E-state index contributed by atoms with van der Waals surface area (Å²) in [7, 11) is 0. The van der Waals surface area contributed by atoms with Gasteiger partial charge in [-0.1, -0.05) is 12.8 Å². The van der Waals surface area contributed by atoms with E-state index in [9.17, 15) is 18.0 Å². The number of carbonyl (C=O) groups is 1.